The van der Waals surface area contributed by atoms with Gasteiger partial charge in [-0.05, 0) is 24.3 Å². The smallest absolute Gasteiger partial charge is 0.337 e. The number of carbonyl (C=O) groups excluding carboxylic acids is 1. The van der Waals surface area contributed by atoms with Crippen LogP contribution < -0.4 is 0 Å². The Morgan fingerprint density at radius 2 is 1.95 bits per heavy atom. The van der Waals surface area contributed by atoms with E-state index in [1.54, 1.807) is 0 Å². The van der Waals surface area contributed by atoms with Crippen molar-refractivity contribution in [1.29, 1.82) is 0 Å². The SMILES string of the molecule is COC(=O)c1ccc(F)c(-c2cncc(C(=O)O)c2)c1. The summed E-state index contributed by atoms with van der Waals surface area (Å²) in [6.07, 6.45) is 2.49. The molecule has 6 heteroatoms. The first kappa shape index (κ1) is 13.7. The van der Waals surface area contributed by atoms with Crippen molar-refractivity contribution < 1.29 is 23.8 Å². The molecule has 1 aromatic heterocycles. The summed E-state index contributed by atoms with van der Waals surface area (Å²) in [5.41, 5.74) is 0.464. The summed E-state index contributed by atoms with van der Waals surface area (Å²) in [7, 11) is 1.22. The average molecular weight is 275 g/mol. The molecule has 0 aliphatic carbocycles. The molecule has 1 N–H and O–H groups in total. The lowest BCUT2D eigenvalue weighted by Gasteiger charge is -2.06. The summed E-state index contributed by atoms with van der Waals surface area (Å²) in [5, 5.41) is 8.90. The molecular formula is C14H10FNO4. The van der Waals surface area contributed by atoms with Crippen LogP contribution in [0.25, 0.3) is 11.1 Å². The van der Waals surface area contributed by atoms with Gasteiger partial charge in [-0.25, -0.2) is 14.0 Å². The van der Waals surface area contributed by atoms with Crippen molar-refractivity contribution in [2.45, 2.75) is 0 Å². The number of methoxy groups -OCH3 is 1. The number of hydrogen-bond donors (Lipinski definition) is 1. The zero-order valence-corrected chi connectivity index (χ0v) is 10.5. The summed E-state index contributed by atoms with van der Waals surface area (Å²) in [5.74, 6) is -2.35. The van der Waals surface area contributed by atoms with E-state index in [1.807, 2.05) is 0 Å². The highest BCUT2D eigenvalue weighted by molar-refractivity contribution is 5.92. The van der Waals surface area contributed by atoms with Gasteiger partial charge in [0.25, 0.3) is 0 Å². The van der Waals surface area contributed by atoms with Gasteiger partial charge < -0.3 is 9.84 Å². The van der Waals surface area contributed by atoms with Gasteiger partial charge >= 0.3 is 11.9 Å². The number of ether oxygens (including phenoxy) is 1. The lowest BCUT2D eigenvalue weighted by atomic mass is 10.0. The molecular weight excluding hydrogens is 265 g/mol. The molecule has 0 unspecified atom stereocenters. The number of halogens is 1. The molecule has 0 aliphatic heterocycles. The topological polar surface area (TPSA) is 76.5 Å². The molecule has 0 fully saturated rings. The van der Waals surface area contributed by atoms with Crippen LogP contribution in [0.5, 0.6) is 0 Å². The summed E-state index contributed by atoms with van der Waals surface area (Å²) >= 11 is 0. The van der Waals surface area contributed by atoms with Gasteiger partial charge in [0, 0.05) is 23.5 Å². The van der Waals surface area contributed by atoms with Gasteiger partial charge in [-0.1, -0.05) is 0 Å². The quantitative estimate of drug-likeness (QED) is 0.870. The molecule has 20 heavy (non-hydrogen) atoms. The van der Waals surface area contributed by atoms with Crippen LogP contribution in [0, 0.1) is 5.82 Å². The van der Waals surface area contributed by atoms with E-state index in [0.717, 1.165) is 12.3 Å². The van der Waals surface area contributed by atoms with Gasteiger partial charge in [0.05, 0.1) is 18.2 Å². The Morgan fingerprint density at radius 1 is 1.20 bits per heavy atom. The highest BCUT2D eigenvalue weighted by atomic mass is 19.1. The van der Waals surface area contributed by atoms with Gasteiger partial charge in [0.1, 0.15) is 5.82 Å². The predicted molar refractivity (Wildman–Crippen MR) is 67.9 cm³/mol. The minimum atomic E-state index is -1.16. The maximum Gasteiger partial charge on any atom is 0.337 e. The maximum absolute atomic E-state index is 13.8. The van der Waals surface area contributed by atoms with E-state index >= 15 is 0 Å². The Kier molecular flexibility index (Phi) is 3.74. The summed E-state index contributed by atoms with van der Waals surface area (Å²) in [6, 6.07) is 4.99. The molecule has 0 amide bonds. The molecule has 102 valence electrons. The number of nitrogens with zero attached hydrogens (tertiary/aromatic N) is 1. The number of carboxylic acids is 1. The van der Waals surface area contributed by atoms with Crippen LogP contribution in [0.2, 0.25) is 0 Å². The first-order valence-electron chi connectivity index (χ1n) is 5.59. The second-order valence-electron chi connectivity index (χ2n) is 3.95. The van der Waals surface area contributed by atoms with Crippen LogP contribution in [0.1, 0.15) is 20.7 Å². The standard InChI is InChI=1S/C14H10FNO4/c1-20-14(19)8-2-3-12(15)11(5-8)9-4-10(13(17)18)7-16-6-9/h2-7H,1H3,(H,17,18). The van der Waals surface area contributed by atoms with Crippen molar-refractivity contribution in [2.75, 3.05) is 7.11 Å². The number of hydrogen-bond acceptors (Lipinski definition) is 4. The molecule has 1 heterocycles. The number of benzene rings is 1. The molecule has 0 aliphatic rings. The Balaban J connectivity index is 2.54. The molecule has 2 aromatic rings. The van der Waals surface area contributed by atoms with Crippen LogP contribution in [-0.4, -0.2) is 29.1 Å². The van der Waals surface area contributed by atoms with Crippen LogP contribution in [0.4, 0.5) is 4.39 Å². The minimum Gasteiger partial charge on any atom is -0.478 e. The third kappa shape index (κ3) is 2.64. The predicted octanol–water partition coefficient (Wildman–Crippen LogP) is 2.37. The molecule has 0 spiro atoms. The van der Waals surface area contributed by atoms with Crippen molar-refractivity contribution in [3.63, 3.8) is 0 Å². The van der Waals surface area contributed by atoms with Crippen molar-refractivity contribution in [3.05, 3.63) is 53.6 Å². The molecule has 0 saturated carbocycles. The maximum atomic E-state index is 13.8. The molecule has 2 rings (SSSR count). The van der Waals surface area contributed by atoms with Crippen molar-refractivity contribution in [1.82, 2.24) is 4.98 Å². The fraction of sp³-hybridized carbons (Fsp3) is 0.0714. The van der Waals surface area contributed by atoms with E-state index in [9.17, 15) is 14.0 Å². The lowest BCUT2D eigenvalue weighted by molar-refractivity contribution is 0.0599. The Hall–Kier alpha value is -2.76. The highest BCUT2D eigenvalue weighted by Crippen LogP contribution is 2.24. The summed E-state index contributed by atoms with van der Waals surface area (Å²) in [4.78, 5) is 26.1. The average Bonchev–Trinajstić information content (AvgIpc) is 2.47. The first-order valence-corrected chi connectivity index (χ1v) is 5.59. The molecule has 0 radical (unpaired) electrons. The molecule has 5 nitrogen and oxygen atoms in total. The van der Waals surface area contributed by atoms with Crippen LogP contribution in [-0.2, 0) is 4.74 Å². The number of carbonyl (C=O) groups is 2. The third-order valence-corrected chi connectivity index (χ3v) is 2.68. The second kappa shape index (κ2) is 5.48. The number of rotatable bonds is 3. The fourth-order valence-corrected chi connectivity index (χ4v) is 1.70. The Bertz CT molecular complexity index is 685. The van der Waals surface area contributed by atoms with Crippen LogP contribution in [0.15, 0.2) is 36.7 Å². The number of carboxylic acid groups (broad SMARTS) is 1. The summed E-state index contributed by atoms with van der Waals surface area (Å²) < 4.78 is 18.4. The normalized spacial score (nSPS) is 10.1. The monoisotopic (exact) mass is 275 g/mol. The zero-order valence-electron chi connectivity index (χ0n) is 10.5. The number of aromatic nitrogens is 1. The molecule has 1 aromatic carbocycles. The first-order chi connectivity index (χ1) is 9.52. The molecule has 0 saturated heterocycles. The lowest BCUT2D eigenvalue weighted by Crippen LogP contribution is -2.02. The highest BCUT2D eigenvalue weighted by Gasteiger charge is 2.13. The van der Waals surface area contributed by atoms with E-state index in [1.165, 1.54) is 31.5 Å². The molecule has 0 atom stereocenters. The van der Waals surface area contributed by atoms with Crippen molar-refractivity contribution in [2.24, 2.45) is 0 Å². The Morgan fingerprint density at radius 3 is 2.60 bits per heavy atom. The van der Waals surface area contributed by atoms with E-state index in [2.05, 4.69) is 9.72 Å². The van der Waals surface area contributed by atoms with Gasteiger partial charge in [0.15, 0.2) is 0 Å². The van der Waals surface area contributed by atoms with Crippen molar-refractivity contribution in [3.8, 4) is 11.1 Å². The number of pyridine rings is 1. The minimum absolute atomic E-state index is 0.0645. The van der Waals surface area contributed by atoms with Crippen molar-refractivity contribution >= 4 is 11.9 Å². The second-order valence-corrected chi connectivity index (χ2v) is 3.95. The van der Waals surface area contributed by atoms with E-state index < -0.39 is 17.8 Å². The van der Waals surface area contributed by atoms with Crippen LogP contribution >= 0.6 is 0 Å². The van der Waals surface area contributed by atoms with E-state index in [0.29, 0.717) is 0 Å². The zero-order chi connectivity index (χ0) is 14.7. The summed E-state index contributed by atoms with van der Waals surface area (Å²) in [6.45, 7) is 0. The molecule has 0 bridgehead atoms. The van der Waals surface area contributed by atoms with Gasteiger partial charge in [-0.3, -0.25) is 4.98 Å². The fourth-order valence-electron chi connectivity index (χ4n) is 1.70. The van der Waals surface area contributed by atoms with Gasteiger partial charge in [-0.2, -0.15) is 0 Å². The van der Waals surface area contributed by atoms with E-state index in [4.69, 9.17) is 5.11 Å². The number of aromatic carboxylic acids is 1. The Labute approximate surface area is 113 Å². The largest absolute Gasteiger partial charge is 0.478 e. The van der Waals surface area contributed by atoms with Gasteiger partial charge in [-0.15, -0.1) is 0 Å². The van der Waals surface area contributed by atoms with Crippen LogP contribution in [0.3, 0.4) is 0 Å². The van der Waals surface area contributed by atoms with Gasteiger partial charge in [0.2, 0.25) is 0 Å². The van der Waals surface area contributed by atoms with E-state index in [-0.39, 0.29) is 22.3 Å². The third-order valence-electron chi connectivity index (χ3n) is 2.68. The number of esters is 1.